The molecule has 1 N–H and O–H groups in total. The van der Waals surface area contributed by atoms with Crippen molar-refractivity contribution in [1.82, 2.24) is 15.1 Å². The molecule has 0 saturated carbocycles. The van der Waals surface area contributed by atoms with E-state index in [1.54, 1.807) is 26.1 Å². The van der Waals surface area contributed by atoms with Crippen molar-refractivity contribution in [3.8, 4) is 0 Å². The van der Waals surface area contributed by atoms with E-state index in [9.17, 15) is 9.59 Å². The summed E-state index contributed by atoms with van der Waals surface area (Å²) in [7, 11) is 1.70. The Morgan fingerprint density at radius 3 is 2.70 bits per heavy atom. The SMILES string of the molecule is CCOC(=O)C1=C(CN2CCCCC2)N(C)C(=O)N[C@@H]1c1cccc(Cl)c1. The van der Waals surface area contributed by atoms with Gasteiger partial charge in [-0.25, -0.2) is 9.59 Å². The van der Waals surface area contributed by atoms with Gasteiger partial charge in [-0.15, -0.1) is 0 Å². The van der Waals surface area contributed by atoms with Crippen LogP contribution >= 0.6 is 11.6 Å². The summed E-state index contributed by atoms with van der Waals surface area (Å²) in [6, 6.07) is 6.40. The van der Waals surface area contributed by atoms with Gasteiger partial charge in [0.25, 0.3) is 0 Å². The lowest BCUT2D eigenvalue weighted by molar-refractivity contribution is -0.139. The summed E-state index contributed by atoms with van der Waals surface area (Å²) in [4.78, 5) is 29.3. The molecule has 3 rings (SSSR count). The zero-order valence-electron chi connectivity index (χ0n) is 15.8. The van der Waals surface area contributed by atoms with Crippen molar-refractivity contribution in [3.63, 3.8) is 0 Å². The monoisotopic (exact) mass is 391 g/mol. The van der Waals surface area contributed by atoms with E-state index in [1.165, 1.54) is 11.3 Å². The minimum Gasteiger partial charge on any atom is -0.463 e. The normalized spacial score (nSPS) is 21.2. The van der Waals surface area contributed by atoms with Gasteiger partial charge in [-0.3, -0.25) is 9.80 Å². The molecule has 0 unspecified atom stereocenters. The third kappa shape index (κ3) is 4.45. The second kappa shape index (κ2) is 8.76. The highest BCUT2D eigenvalue weighted by Gasteiger charge is 2.37. The Bertz CT molecular complexity index is 744. The van der Waals surface area contributed by atoms with Gasteiger partial charge in [0.15, 0.2) is 0 Å². The molecular weight excluding hydrogens is 366 g/mol. The lowest BCUT2D eigenvalue weighted by Gasteiger charge is -2.37. The maximum absolute atomic E-state index is 12.9. The highest BCUT2D eigenvalue weighted by molar-refractivity contribution is 6.30. The predicted molar refractivity (Wildman–Crippen MR) is 104 cm³/mol. The minimum atomic E-state index is -0.578. The minimum absolute atomic E-state index is 0.236. The smallest absolute Gasteiger partial charge is 0.338 e. The first-order chi connectivity index (χ1) is 13.0. The van der Waals surface area contributed by atoms with E-state index in [4.69, 9.17) is 16.3 Å². The molecule has 1 aromatic rings. The summed E-state index contributed by atoms with van der Waals surface area (Å²) in [5.41, 5.74) is 1.94. The van der Waals surface area contributed by atoms with Gasteiger partial charge in [-0.05, 0) is 50.6 Å². The molecule has 146 valence electrons. The fraction of sp³-hybridized carbons (Fsp3) is 0.500. The number of benzene rings is 1. The van der Waals surface area contributed by atoms with E-state index in [2.05, 4.69) is 10.2 Å². The van der Waals surface area contributed by atoms with Crippen LogP contribution in [0.1, 0.15) is 37.8 Å². The summed E-state index contributed by atoms with van der Waals surface area (Å²) in [5, 5.41) is 3.47. The van der Waals surface area contributed by atoms with Gasteiger partial charge in [0.05, 0.1) is 18.2 Å². The lowest BCUT2D eigenvalue weighted by atomic mass is 9.94. The molecule has 2 heterocycles. The van der Waals surface area contributed by atoms with Gasteiger partial charge in [0, 0.05) is 24.3 Å². The maximum atomic E-state index is 12.9. The second-order valence-electron chi connectivity index (χ2n) is 6.91. The molecule has 0 radical (unpaired) electrons. The van der Waals surface area contributed by atoms with Crippen molar-refractivity contribution >= 4 is 23.6 Å². The molecule has 2 aliphatic heterocycles. The number of amides is 2. The van der Waals surface area contributed by atoms with Gasteiger partial charge in [-0.1, -0.05) is 30.2 Å². The number of likely N-dealkylation sites (tertiary alicyclic amines) is 1. The van der Waals surface area contributed by atoms with Crippen LogP contribution in [0.2, 0.25) is 5.02 Å². The number of piperidine rings is 1. The molecular formula is C20H26ClN3O3. The number of ether oxygens (including phenoxy) is 1. The zero-order valence-corrected chi connectivity index (χ0v) is 16.6. The van der Waals surface area contributed by atoms with Crippen LogP contribution in [-0.4, -0.2) is 55.1 Å². The van der Waals surface area contributed by atoms with E-state index in [0.717, 1.165) is 31.5 Å². The number of carbonyl (C=O) groups excluding carboxylic acids is 2. The van der Waals surface area contributed by atoms with Crippen LogP contribution in [0.5, 0.6) is 0 Å². The number of urea groups is 1. The summed E-state index contributed by atoms with van der Waals surface area (Å²) in [5.74, 6) is -0.402. The highest BCUT2D eigenvalue weighted by atomic mass is 35.5. The number of halogens is 1. The second-order valence-corrected chi connectivity index (χ2v) is 7.35. The number of hydrogen-bond donors (Lipinski definition) is 1. The Labute approximate surface area is 165 Å². The summed E-state index contributed by atoms with van der Waals surface area (Å²) < 4.78 is 5.34. The summed E-state index contributed by atoms with van der Waals surface area (Å²) in [6.45, 7) is 4.55. The van der Waals surface area contributed by atoms with Crippen LogP contribution in [-0.2, 0) is 9.53 Å². The molecule has 2 amide bonds. The molecule has 7 heteroatoms. The lowest BCUT2D eigenvalue weighted by Crippen LogP contribution is -2.49. The Hall–Kier alpha value is -2.05. The Balaban J connectivity index is 2.04. The van der Waals surface area contributed by atoms with Crippen molar-refractivity contribution in [3.05, 3.63) is 46.1 Å². The first kappa shape index (κ1) is 19.7. The zero-order chi connectivity index (χ0) is 19.4. The van der Waals surface area contributed by atoms with Gasteiger partial charge >= 0.3 is 12.0 Å². The van der Waals surface area contributed by atoms with E-state index in [-0.39, 0.29) is 12.6 Å². The molecule has 1 aromatic carbocycles. The van der Waals surface area contributed by atoms with Crippen LogP contribution in [0.15, 0.2) is 35.5 Å². The van der Waals surface area contributed by atoms with Crippen LogP contribution in [0.25, 0.3) is 0 Å². The van der Waals surface area contributed by atoms with Crippen LogP contribution in [0.4, 0.5) is 4.79 Å². The molecule has 6 nitrogen and oxygen atoms in total. The number of rotatable bonds is 5. The van der Waals surface area contributed by atoms with Crippen molar-refractivity contribution in [2.24, 2.45) is 0 Å². The number of nitrogens with one attached hydrogen (secondary N) is 1. The number of hydrogen-bond acceptors (Lipinski definition) is 4. The number of carbonyl (C=O) groups is 2. The molecule has 0 bridgehead atoms. The van der Waals surface area contributed by atoms with Crippen molar-refractivity contribution in [2.45, 2.75) is 32.2 Å². The van der Waals surface area contributed by atoms with Gasteiger partial charge in [-0.2, -0.15) is 0 Å². The molecule has 1 saturated heterocycles. The van der Waals surface area contributed by atoms with Gasteiger partial charge in [0.1, 0.15) is 0 Å². The molecule has 27 heavy (non-hydrogen) atoms. The van der Waals surface area contributed by atoms with Gasteiger partial charge < -0.3 is 10.1 Å². The average molecular weight is 392 g/mol. The maximum Gasteiger partial charge on any atom is 0.338 e. The third-order valence-electron chi connectivity index (χ3n) is 5.08. The molecule has 0 aliphatic carbocycles. The van der Waals surface area contributed by atoms with Crippen LogP contribution < -0.4 is 5.32 Å². The highest BCUT2D eigenvalue weighted by Crippen LogP contribution is 2.32. The number of likely N-dealkylation sites (N-methyl/N-ethyl adjacent to an activating group) is 1. The van der Waals surface area contributed by atoms with E-state index in [1.807, 2.05) is 12.1 Å². The number of nitrogens with zero attached hydrogens (tertiary/aromatic N) is 2. The molecule has 1 fully saturated rings. The van der Waals surface area contributed by atoms with Crippen molar-refractivity contribution in [2.75, 3.05) is 33.3 Å². The quantitative estimate of drug-likeness (QED) is 0.782. The van der Waals surface area contributed by atoms with Gasteiger partial charge in [0.2, 0.25) is 0 Å². The molecule has 0 aromatic heterocycles. The van der Waals surface area contributed by atoms with Crippen LogP contribution in [0, 0.1) is 0 Å². The number of esters is 1. The first-order valence-corrected chi connectivity index (χ1v) is 9.81. The third-order valence-corrected chi connectivity index (χ3v) is 5.31. The van der Waals surface area contributed by atoms with Crippen LogP contribution in [0.3, 0.4) is 0 Å². The average Bonchev–Trinajstić information content (AvgIpc) is 2.66. The largest absolute Gasteiger partial charge is 0.463 e. The molecule has 1 atom stereocenters. The fourth-order valence-electron chi connectivity index (χ4n) is 3.66. The molecule has 0 spiro atoms. The van der Waals surface area contributed by atoms with Crippen molar-refractivity contribution < 1.29 is 14.3 Å². The standard InChI is InChI=1S/C20H26ClN3O3/c1-3-27-19(25)17-16(13-24-10-5-4-6-11-24)23(2)20(26)22-18(17)14-8-7-9-15(21)12-14/h7-9,12,18H,3-6,10-11,13H2,1-2H3,(H,22,26)/t18-/m1/s1. The Kier molecular flexibility index (Phi) is 6.39. The Morgan fingerprint density at radius 1 is 1.30 bits per heavy atom. The Morgan fingerprint density at radius 2 is 2.04 bits per heavy atom. The first-order valence-electron chi connectivity index (χ1n) is 9.43. The van der Waals surface area contributed by atoms with E-state index >= 15 is 0 Å². The van der Waals surface area contributed by atoms with E-state index in [0.29, 0.717) is 22.8 Å². The summed E-state index contributed by atoms with van der Waals surface area (Å²) in [6.07, 6.45) is 3.49. The summed E-state index contributed by atoms with van der Waals surface area (Å²) >= 11 is 6.15. The predicted octanol–water partition coefficient (Wildman–Crippen LogP) is 3.34. The van der Waals surface area contributed by atoms with E-state index < -0.39 is 12.0 Å². The topological polar surface area (TPSA) is 61.9 Å². The van der Waals surface area contributed by atoms with Crippen molar-refractivity contribution in [1.29, 1.82) is 0 Å². The fourth-order valence-corrected chi connectivity index (χ4v) is 3.86. The molecule has 2 aliphatic rings.